The molecule has 0 radical (unpaired) electrons. The summed E-state index contributed by atoms with van der Waals surface area (Å²) in [5.74, 6) is 0. The molecule has 2 heteroatoms. The summed E-state index contributed by atoms with van der Waals surface area (Å²) >= 11 is 0. The van der Waals surface area contributed by atoms with Crippen LogP contribution < -0.4 is 5.32 Å². The van der Waals surface area contributed by atoms with Gasteiger partial charge in [-0.2, -0.15) is 0 Å². The van der Waals surface area contributed by atoms with E-state index in [1.807, 2.05) is 0 Å². The second kappa shape index (κ2) is 5.41. The van der Waals surface area contributed by atoms with Crippen LogP contribution in [-0.4, -0.2) is 30.6 Å². The Bertz CT molecular complexity index is 396. The van der Waals surface area contributed by atoms with E-state index in [1.54, 1.807) is 5.56 Å². The van der Waals surface area contributed by atoms with Crippen molar-refractivity contribution in [3.8, 4) is 0 Å². The molecule has 0 bridgehead atoms. The molecule has 1 aliphatic carbocycles. The van der Waals surface area contributed by atoms with E-state index in [4.69, 9.17) is 0 Å². The lowest BCUT2D eigenvalue weighted by atomic mass is 10.1. The van der Waals surface area contributed by atoms with E-state index in [0.29, 0.717) is 12.1 Å². The van der Waals surface area contributed by atoms with Crippen molar-refractivity contribution >= 4 is 0 Å². The summed E-state index contributed by atoms with van der Waals surface area (Å²) < 4.78 is 0. The van der Waals surface area contributed by atoms with Gasteiger partial charge in [0, 0.05) is 18.6 Å². The van der Waals surface area contributed by atoms with E-state index in [2.05, 4.69) is 41.4 Å². The Morgan fingerprint density at radius 3 is 2.89 bits per heavy atom. The number of fused-ring (bicyclic) bond motifs is 1. The minimum absolute atomic E-state index is 0.589. The zero-order valence-corrected chi connectivity index (χ0v) is 11.4. The van der Waals surface area contributed by atoms with Crippen LogP contribution in [-0.2, 0) is 6.42 Å². The Morgan fingerprint density at radius 2 is 2.06 bits per heavy atom. The first-order chi connectivity index (χ1) is 8.84. The van der Waals surface area contributed by atoms with Crippen LogP contribution in [0.1, 0.15) is 43.4 Å². The number of benzene rings is 1. The van der Waals surface area contributed by atoms with Gasteiger partial charge in [0.25, 0.3) is 0 Å². The third-order valence-corrected chi connectivity index (χ3v) is 4.56. The molecule has 1 aromatic carbocycles. The smallest absolute Gasteiger partial charge is 0.0326 e. The summed E-state index contributed by atoms with van der Waals surface area (Å²) in [7, 11) is 0. The van der Waals surface area contributed by atoms with Gasteiger partial charge in [0.15, 0.2) is 0 Å². The normalized spacial score (nSPS) is 25.3. The molecule has 1 aromatic rings. The molecule has 2 unspecified atom stereocenters. The first kappa shape index (κ1) is 12.2. The van der Waals surface area contributed by atoms with Crippen LogP contribution in [0.25, 0.3) is 0 Å². The summed E-state index contributed by atoms with van der Waals surface area (Å²) in [6.45, 7) is 6.08. The Morgan fingerprint density at radius 1 is 1.28 bits per heavy atom. The molecule has 0 aromatic heterocycles. The Kier molecular flexibility index (Phi) is 3.67. The Hall–Kier alpha value is -0.860. The zero-order valence-electron chi connectivity index (χ0n) is 11.4. The van der Waals surface area contributed by atoms with Crippen molar-refractivity contribution in [3.05, 3.63) is 35.4 Å². The van der Waals surface area contributed by atoms with Crippen LogP contribution in [0.3, 0.4) is 0 Å². The van der Waals surface area contributed by atoms with Crippen LogP contribution in [0.2, 0.25) is 0 Å². The fourth-order valence-corrected chi connectivity index (χ4v) is 3.39. The van der Waals surface area contributed by atoms with E-state index in [1.165, 1.54) is 44.3 Å². The van der Waals surface area contributed by atoms with Gasteiger partial charge >= 0.3 is 0 Å². The van der Waals surface area contributed by atoms with Gasteiger partial charge in [-0.1, -0.05) is 24.3 Å². The van der Waals surface area contributed by atoms with Crippen LogP contribution >= 0.6 is 0 Å². The fraction of sp³-hybridized carbons (Fsp3) is 0.625. The van der Waals surface area contributed by atoms with E-state index >= 15 is 0 Å². The fourth-order valence-electron chi connectivity index (χ4n) is 3.39. The number of rotatable bonds is 4. The Balaban J connectivity index is 1.55. The quantitative estimate of drug-likeness (QED) is 0.876. The molecule has 18 heavy (non-hydrogen) atoms. The highest BCUT2D eigenvalue weighted by atomic mass is 15.2. The number of hydrogen-bond acceptors (Lipinski definition) is 2. The van der Waals surface area contributed by atoms with Crippen molar-refractivity contribution in [1.82, 2.24) is 10.2 Å². The lowest BCUT2D eigenvalue weighted by Gasteiger charge is -2.26. The average molecular weight is 244 g/mol. The number of hydrogen-bond donors (Lipinski definition) is 1. The monoisotopic (exact) mass is 244 g/mol. The summed E-state index contributed by atoms with van der Waals surface area (Å²) in [5.41, 5.74) is 3.08. The maximum absolute atomic E-state index is 3.77. The Labute approximate surface area is 110 Å². The molecule has 98 valence electrons. The lowest BCUT2D eigenvalue weighted by molar-refractivity contribution is 0.245. The highest BCUT2D eigenvalue weighted by Crippen LogP contribution is 2.30. The van der Waals surface area contributed by atoms with E-state index in [0.717, 1.165) is 6.54 Å². The predicted molar refractivity (Wildman–Crippen MR) is 75.8 cm³/mol. The number of nitrogens with one attached hydrogen (secondary N) is 1. The first-order valence-electron chi connectivity index (χ1n) is 7.40. The SMILES string of the molecule is CC(CNC1CCc2ccccc21)N1CCCC1. The van der Waals surface area contributed by atoms with Crippen molar-refractivity contribution < 1.29 is 0 Å². The number of aryl methyl sites for hydroxylation is 1. The van der Waals surface area contributed by atoms with Crippen LogP contribution in [0.4, 0.5) is 0 Å². The second-order valence-electron chi connectivity index (χ2n) is 5.79. The number of likely N-dealkylation sites (tertiary alicyclic amines) is 1. The zero-order chi connectivity index (χ0) is 12.4. The molecule has 2 nitrogen and oxygen atoms in total. The highest BCUT2D eigenvalue weighted by Gasteiger charge is 2.23. The van der Waals surface area contributed by atoms with Gasteiger partial charge in [-0.05, 0) is 56.8 Å². The van der Waals surface area contributed by atoms with Crippen molar-refractivity contribution in [1.29, 1.82) is 0 Å². The molecule has 0 saturated carbocycles. The maximum atomic E-state index is 3.77. The largest absolute Gasteiger partial charge is 0.308 e. The molecule has 0 spiro atoms. The van der Waals surface area contributed by atoms with Crippen molar-refractivity contribution in [2.75, 3.05) is 19.6 Å². The van der Waals surface area contributed by atoms with Gasteiger partial charge in [-0.15, -0.1) is 0 Å². The third-order valence-electron chi connectivity index (χ3n) is 4.56. The van der Waals surface area contributed by atoms with Crippen molar-refractivity contribution in [2.45, 2.75) is 44.7 Å². The first-order valence-corrected chi connectivity index (χ1v) is 7.40. The second-order valence-corrected chi connectivity index (χ2v) is 5.79. The molecule has 2 aliphatic rings. The standard InChI is InChI=1S/C16H24N2/c1-13(18-10-4-5-11-18)12-17-16-9-8-14-6-2-3-7-15(14)16/h2-3,6-7,13,16-17H,4-5,8-12H2,1H3. The van der Waals surface area contributed by atoms with Gasteiger partial charge in [-0.3, -0.25) is 4.90 Å². The number of nitrogens with zero attached hydrogens (tertiary/aromatic N) is 1. The minimum atomic E-state index is 0.589. The maximum Gasteiger partial charge on any atom is 0.0326 e. The molecular formula is C16H24N2. The third kappa shape index (κ3) is 2.45. The van der Waals surface area contributed by atoms with E-state index in [9.17, 15) is 0 Å². The molecule has 1 fully saturated rings. The molecule has 0 amide bonds. The van der Waals surface area contributed by atoms with Gasteiger partial charge in [0.2, 0.25) is 0 Å². The topological polar surface area (TPSA) is 15.3 Å². The highest BCUT2D eigenvalue weighted by molar-refractivity contribution is 5.34. The molecule has 1 N–H and O–H groups in total. The van der Waals surface area contributed by atoms with Crippen LogP contribution in [0, 0.1) is 0 Å². The van der Waals surface area contributed by atoms with Gasteiger partial charge in [0.05, 0.1) is 0 Å². The van der Waals surface area contributed by atoms with Crippen LogP contribution in [0.15, 0.2) is 24.3 Å². The average Bonchev–Trinajstić information content (AvgIpc) is 3.06. The molecule has 1 heterocycles. The van der Waals surface area contributed by atoms with Gasteiger partial charge in [0.1, 0.15) is 0 Å². The summed E-state index contributed by atoms with van der Waals surface area (Å²) in [5, 5.41) is 3.77. The molecular weight excluding hydrogens is 220 g/mol. The van der Waals surface area contributed by atoms with Crippen molar-refractivity contribution in [3.63, 3.8) is 0 Å². The molecule has 3 rings (SSSR count). The van der Waals surface area contributed by atoms with E-state index in [-0.39, 0.29) is 0 Å². The van der Waals surface area contributed by atoms with Crippen LogP contribution in [0.5, 0.6) is 0 Å². The van der Waals surface area contributed by atoms with E-state index < -0.39 is 0 Å². The molecule has 2 atom stereocenters. The minimum Gasteiger partial charge on any atom is -0.308 e. The summed E-state index contributed by atoms with van der Waals surface area (Å²) in [6, 6.07) is 10.2. The van der Waals surface area contributed by atoms with Crippen molar-refractivity contribution in [2.24, 2.45) is 0 Å². The summed E-state index contributed by atoms with van der Waals surface area (Å²) in [6.07, 6.45) is 5.28. The lowest BCUT2D eigenvalue weighted by Crippen LogP contribution is -2.39. The summed E-state index contributed by atoms with van der Waals surface area (Å²) in [4.78, 5) is 2.62. The predicted octanol–water partition coefficient (Wildman–Crippen LogP) is 2.75. The van der Waals surface area contributed by atoms with Gasteiger partial charge < -0.3 is 5.32 Å². The van der Waals surface area contributed by atoms with Gasteiger partial charge in [-0.25, -0.2) is 0 Å². The molecule has 1 saturated heterocycles. The molecule has 1 aliphatic heterocycles.